The summed E-state index contributed by atoms with van der Waals surface area (Å²) in [6, 6.07) is 0. The van der Waals surface area contributed by atoms with Crippen LogP contribution in [-0.4, -0.2) is 23.2 Å². The van der Waals surface area contributed by atoms with E-state index < -0.39 is 23.6 Å². The van der Waals surface area contributed by atoms with Crippen LogP contribution in [0.2, 0.25) is 0 Å². The summed E-state index contributed by atoms with van der Waals surface area (Å²) in [6.07, 6.45) is 0.539. The van der Waals surface area contributed by atoms with Crippen LogP contribution in [0.3, 0.4) is 0 Å². The number of rotatable bonds is 1. The van der Waals surface area contributed by atoms with Gasteiger partial charge in [-0.2, -0.15) is 13.2 Å². The molecule has 0 aliphatic heterocycles. The van der Waals surface area contributed by atoms with Crippen LogP contribution in [0.1, 0.15) is 58.8 Å². The minimum atomic E-state index is -4.53. The van der Waals surface area contributed by atoms with Crippen molar-refractivity contribution in [3.63, 3.8) is 0 Å². The second-order valence-electron chi connectivity index (χ2n) is 9.57. The van der Waals surface area contributed by atoms with Gasteiger partial charge in [0, 0.05) is 6.42 Å². The quantitative estimate of drug-likeness (QED) is 0.712. The maximum atomic E-state index is 13.2. The van der Waals surface area contributed by atoms with Crippen LogP contribution in [0.25, 0.3) is 0 Å². The number of carbonyl (C=O) groups is 1. The average Bonchev–Trinajstić information content (AvgIpc) is 2.89. The fourth-order valence-electron chi connectivity index (χ4n) is 7.38. The molecule has 4 aliphatic carbocycles. The van der Waals surface area contributed by atoms with Gasteiger partial charge in [0.15, 0.2) is 11.9 Å². The number of halogens is 3. The van der Waals surface area contributed by atoms with Crippen molar-refractivity contribution in [3.8, 4) is 0 Å². The van der Waals surface area contributed by atoms with Crippen molar-refractivity contribution >= 4 is 5.78 Å². The molecule has 0 aromatic carbocycles. The average molecular weight is 370 g/mol. The minimum absolute atomic E-state index is 0.233. The third kappa shape index (κ3) is 2.68. The highest BCUT2D eigenvalue weighted by atomic mass is 19.4. The number of fused-ring (bicyclic) bond motifs is 5. The summed E-state index contributed by atoms with van der Waals surface area (Å²) in [5.74, 6) is 1.59. The summed E-state index contributed by atoms with van der Waals surface area (Å²) in [5, 5.41) is 10.00. The highest BCUT2D eigenvalue weighted by Crippen LogP contribution is 2.65. The number of hydrogen-bond donors (Lipinski definition) is 1. The Morgan fingerprint density at radius 2 is 1.96 bits per heavy atom. The van der Waals surface area contributed by atoms with Crippen LogP contribution in [0.4, 0.5) is 13.2 Å². The van der Waals surface area contributed by atoms with Gasteiger partial charge in [0.05, 0.1) is 0 Å². The minimum Gasteiger partial charge on any atom is -0.383 e. The summed E-state index contributed by atoms with van der Waals surface area (Å²) in [4.78, 5) is 11.8. The Labute approximate surface area is 153 Å². The molecule has 3 saturated carbocycles. The molecule has 1 N–H and O–H groups in total. The topological polar surface area (TPSA) is 37.3 Å². The lowest BCUT2D eigenvalue weighted by Gasteiger charge is -2.56. The number of aliphatic hydroxyl groups is 1. The third-order valence-corrected chi connectivity index (χ3v) is 8.43. The van der Waals surface area contributed by atoms with Crippen molar-refractivity contribution < 1.29 is 23.1 Å². The molecular formula is C21H29F3O2. The summed E-state index contributed by atoms with van der Waals surface area (Å²) in [6.45, 7) is 4.22. The van der Waals surface area contributed by atoms with Gasteiger partial charge >= 0.3 is 6.18 Å². The number of hydrogen-bond acceptors (Lipinski definition) is 2. The van der Waals surface area contributed by atoms with E-state index in [1.165, 1.54) is 5.57 Å². The lowest BCUT2D eigenvalue weighted by atomic mass is 9.48. The highest BCUT2D eigenvalue weighted by Gasteiger charge is 2.61. The smallest absolute Gasteiger partial charge is 0.383 e. The Hall–Kier alpha value is -0.840. The summed E-state index contributed by atoms with van der Waals surface area (Å²) in [5.41, 5.74) is 0.874. The van der Waals surface area contributed by atoms with E-state index in [0.29, 0.717) is 36.5 Å². The van der Waals surface area contributed by atoms with Gasteiger partial charge in [-0.05, 0) is 85.5 Å². The second-order valence-corrected chi connectivity index (χ2v) is 9.57. The van der Waals surface area contributed by atoms with Crippen LogP contribution >= 0.6 is 0 Å². The molecule has 8 atom stereocenters. The van der Waals surface area contributed by atoms with E-state index >= 15 is 0 Å². The van der Waals surface area contributed by atoms with E-state index in [1.807, 2.05) is 13.0 Å². The highest BCUT2D eigenvalue weighted by molar-refractivity contribution is 5.91. The normalized spacial score (nSPS) is 46.8. The third-order valence-electron chi connectivity index (χ3n) is 8.43. The van der Waals surface area contributed by atoms with E-state index in [2.05, 4.69) is 6.92 Å². The van der Waals surface area contributed by atoms with Gasteiger partial charge in [0.2, 0.25) is 0 Å². The van der Waals surface area contributed by atoms with Crippen molar-refractivity contribution in [2.24, 2.45) is 40.9 Å². The van der Waals surface area contributed by atoms with Crippen LogP contribution in [0.15, 0.2) is 11.6 Å². The van der Waals surface area contributed by atoms with E-state index in [0.717, 1.165) is 32.1 Å². The van der Waals surface area contributed by atoms with Gasteiger partial charge in [-0.1, -0.05) is 19.4 Å². The van der Waals surface area contributed by atoms with Gasteiger partial charge in [-0.3, -0.25) is 4.79 Å². The molecule has 0 radical (unpaired) electrons. The fraction of sp³-hybridized carbons (Fsp3) is 0.857. The molecule has 26 heavy (non-hydrogen) atoms. The van der Waals surface area contributed by atoms with Crippen molar-refractivity contribution in [3.05, 3.63) is 11.6 Å². The van der Waals surface area contributed by atoms with E-state index in [-0.39, 0.29) is 11.7 Å². The van der Waals surface area contributed by atoms with Gasteiger partial charge in [-0.25, -0.2) is 0 Å². The molecule has 0 spiro atoms. The molecule has 0 saturated heterocycles. The Bertz CT molecular complexity index is 625. The van der Waals surface area contributed by atoms with Gasteiger partial charge in [0.25, 0.3) is 0 Å². The first kappa shape index (κ1) is 18.5. The molecule has 2 nitrogen and oxygen atoms in total. The number of carbonyl (C=O) groups excluding carboxylic acids is 1. The number of allylic oxidation sites excluding steroid dienone is 1. The zero-order chi connectivity index (χ0) is 18.9. The molecule has 0 bridgehead atoms. The Balaban J connectivity index is 1.63. The molecule has 5 heteroatoms. The van der Waals surface area contributed by atoms with Crippen LogP contribution in [0, 0.1) is 40.9 Å². The van der Waals surface area contributed by atoms with Crippen molar-refractivity contribution in [2.45, 2.75) is 71.1 Å². The molecule has 0 amide bonds. The monoisotopic (exact) mass is 370 g/mol. The Kier molecular flexibility index (Phi) is 4.33. The summed E-state index contributed by atoms with van der Waals surface area (Å²) in [7, 11) is 0. The maximum absolute atomic E-state index is 13.2. The second kappa shape index (κ2) is 6.08. The molecule has 4 rings (SSSR count). The lowest BCUT2D eigenvalue weighted by molar-refractivity contribution is -0.233. The first-order valence-electron chi connectivity index (χ1n) is 10.1. The van der Waals surface area contributed by atoms with Gasteiger partial charge < -0.3 is 5.11 Å². The lowest BCUT2D eigenvalue weighted by Crippen LogP contribution is -2.52. The van der Waals surface area contributed by atoms with Gasteiger partial charge in [0.1, 0.15) is 0 Å². The molecular weight excluding hydrogens is 341 g/mol. The summed E-state index contributed by atoms with van der Waals surface area (Å²) >= 11 is 0. The van der Waals surface area contributed by atoms with Crippen molar-refractivity contribution in [1.29, 1.82) is 0 Å². The fourth-order valence-corrected chi connectivity index (χ4v) is 7.38. The maximum Gasteiger partial charge on any atom is 0.414 e. The molecule has 0 heterocycles. The SMILES string of the molecule is C[C@@H]1CC2=CC(=O)CC[C@@H]2[C@H]2CC[C@@]3(C)[C@H](CC[C@@H]3[C@@H](O)C(F)(F)F)[C@@H]21. The summed E-state index contributed by atoms with van der Waals surface area (Å²) < 4.78 is 39.6. The first-order chi connectivity index (χ1) is 12.1. The number of aliphatic hydroxyl groups excluding tert-OH is 1. The zero-order valence-corrected chi connectivity index (χ0v) is 15.6. The Morgan fingerprint density at radius 1 is 1.23 bits per heavy atom. The predicted octanol–water partition coefficient (Wildman–Crippen LogP) is 4.91. The van der Waals surface area contributed by atoms with Crippen LogP contribution < -0.4 is 0 Å². The Morgan fingerprint density at radius 3 is 2.65 bits per heavy atom. The van der Waals surface area contributed by atoms with Gasteiger partial charge in [-0.15, -0.1) is 0 Å². The molecule has 146 valence electrons. The number of ketones is 1. The van der Waals surface area contributed by atoms with Crippen LogP contribution in [0.5, 0.6) is 0 Å². The molecule has 0 unspecified atom stereocenters. The largest absolute Gasteiger partial charge is 0.414 e. The molecule has 0 aromatic heterocycles. The number of alkyl halides is 3. The van der Waals surface area contributed by atoms with Crippen molar-refractivity contribution in [2.75, 3.05) is 0 Å². The van der Waals surface area contributed by atoms with E-state index in [9.17, 15) is 23.1 Å². The van der Waals surface area contributed by atoms with E-state index in [4.69, 9.17) is 0 Å². The molecule has 3 fully saturated rings. The van der Waals surface area contributed by atoms with Crippen molar-refractivity contribution in [1.82, 2.24) is 0 Å². The molecule has 0 aromatic rings. The zero-order valence-electron chi connectivity index (χ0n) is 15.6. The van der Waals surface area contributed by atoms with Crippen LogP contribution in [-0.2, 0) is 4.79 Å². The van der Waals surface area contributed by atoms with E-state index in [1.54, 1.807) is 0 Å². The molecule has 4 aliphatic rings. The standard InChI is InChI=1S/C21H29F3O2/c1-11-9-12-10-13(25)3-4-14(12)15-7-8-20(2)16(18(11)15)5-6-17(20)19(26)21(22,23)24/h10-11,14-19,26H,3-9H2,1-2H3/t11-,14+,15-,16-,17-,18-,19-,20+/m1/s1. The first-order valence-corrected chi connectivity index (χ1v) is 10.1. The predicted molar refractivity (Wildman–Crippen MR) is 92.2 cm³/mol.